The first-order valence-corrected chi connectivity index (χ1v) is 9.77. The van der Waals surface area contributed by atoms with Crippen LogP contribution in [0.25, 0.3) is 22.2 Å². The first kappa shape index (κ1) is 18.1. The van der Waals surface area contributed by atoms with Crippen LogP contribution in [0.5, 0.6) is 0 Å². The van der Waals surface area contributed by atoms with Crippen molar-refractivity contribution >= 4 is 10.9 Å². The van der Waals surface area contributed by atoms with E-state index >= 15 is 0 Å². The molecule has 0 aliphatic carbocycles. The van der Waals surface area contributed by atoms with Gasteiger partial charge in [0, 0.05) is 47.5 Å². The van der Waals surface area contributed by atoms with Crippen LogP contribution in [0.15, 0.2) is 36.5 Å². The summed E-state index contributed by atoms with van der Waals surface area (Å²) >= 11 is 0. The Labute approximate surface area is 159 Å². The van der Waals surface area contributed by atoms with E-state index in [1.54, 1.807) is 0 Å². The second-order valence-electron chi connectivity index (χ2n) is 7.52. The molecule has 5 heteroatoms. The molecule has 3 heterocycles. The summed E-state index contributed by atoms with van der Waals surface area (Å²) in [4.78, 5) is 9.66. The molecule has 2 aromatic heterocycles. The van der Waals surface area contributed by atoms with Crippen LogP contribution in [0.1, 0.15) is 29.9 Å². The number of rotatable bonds is 5. The lowest BCUT2D eigenvalue weighted by atomic mass is 9.88. The molecule has 4 rings (SSSR count). The number of aromatic amines is 1. The molecule has 0 radical (unpaired) electrons. The van der Waals surface area contributed by atoms with Crippen molar-refractivity contribution in [3.8, 4) is 11.3 Å². The zero-order valence-corrected chi connectivity index (χ0v) is 16.1. The van der Waals surface area contributed by atoms with Gasteiger partial charge in [-0.05, 0) is 75.1 Å². The number of benzene rings is 1. The van der Waals surface area contributed by atoms with Gasteiger partial charge in [0.15, 0.2) is 0 Å². The van der Waals surface area contributed by atoms with Crippen LogP contribution < -0.4 is 5.32 Å². The summed E-state index contributed by atoms with van der Waals surface area (Å²) < 4.78 is 13.5. The molecule has 1 aromatic carbocycles. The van der Waals surface area contributed by atoms with E-state index in [2.05, 4.69) is 45.3 Å². The van der Waals surface area contributed by atoms with Gasteiger partial charge in [-0.2, -0.15) is 4.39 Å². The quantitative estimate of drug-likeness (QED) is 0.669. The van der Waals surface area contributed by atoms with Gasteiger partial charge in [-0.3, -0.25) is 0 Å². The molecule has 142 valence electrons. The van der Waals surface area contributed by atoms with Gasteiger partial charge in [0.05, 0.1) is 0 Å². The maximum absolute atomic E-state index is 13.5. The SMILES string of the molecule is CNCCN1CCC(c2ccc3[nH]c(-c4ccnc(F)c4)c(C)c3c2)CC1. The number of nitrogens with zero attached hydrogens (tertiary/aromatic N) is 2. The molecule has 1 fully saturated rings. The van der Waals surface area contributed by atoms with Gasteiger partial charge in [-0.15, -0.1) is 0 Å². The maximum Gasteiger partial charge on any atom is 0.213 e. The number of nitrogens with one attached hydrogen (secondary N) is 2. The highest BCUT2D eigenvalue weighted by Gasteiger charge is 2.21. The summed E-state index contributed by atoms with van der Waals surface area (Å²) in [6, 6.07) is 10.1. The number of likely N-dealkylation sites (N-methyl/N-ethyl adjacent to an activating group) is 1. The van der Waals surface area contributed by atoms with Crippen molar-refractivity contribution in [3.05, 3.63) is 53.6 Å². The fourth-order valence-electron chi connectivity index (χ4n) is 4.20. The lowest BCUT2D eigenvalue weighted by molar-refractivity contribution is 0.214. The molecule has 4 nitrogen and oxygen atoms in total. The summed E-state index contributed by atoms with van der Waals surface area (Å²) in [5.41, 5.74) is 5.52. The van der Waals surface area contributed by atoms with Crippen molar-refractivity contribution in [1.82, 2.24) is 20.2 Å². The van der Waals surface area contributed by atoms with Gasteiger partial charge in [0.1, 0.15) is 0 Å². The molecule has 0 amide bonds. The molecule has 1 aliphatic rings. The van der Waals surface area contributed by atoms with E-state index in [0.29, 0.717) is 5.92 Å². The van der Waals surface area contributed by atoms with Crippen LogP contribution in [0.3, 0.4) is 0 Å². The van der Waals surface area contributed by atoms with Crippen molar-refractivity contribution in [2.75, 3.05) is 33.2 Å². The van der Waals surface area contributed by atoms with Gasteiger partial charge in [0.2, 0.25) is 5.95 Å². The number of hydrogen-bond acceptors (Lipinski definition) is 3. The van der Waals surface area contributed by atoms with Gasteiger partial charge in [0.25, 0.3) is 0 Å². The second kappa shape index (κ2) is 7.79. The molecule has 27 heavy (non-hydrogen) atoms. The average molecular weight is 366 g/mol. The Morgan fingerprint density at radius 3 is 2.78 bits per heavy atom. The number of H-pyrrole nitrogens is 1. The van der Waals surface area contributed by atoms with E-state index in [0.717, 1.165) is 43.0 Å². The number of aromatic nitrogens is 2. The summed E-state index contributed by atoms with van der Waals surface area (Å²) in [6.07, 6.45) is 3.94. The first-order chi connectivity index (χ1) is 13.2. The summed E-state index contributed by atoms with van der Waals surface area (Å²) in [6.45, 7) is 6.62. The summed E-state index contributed by atoms with van der Waals surface area (Å²) in [7, 11) is 2.01. The van der Waals surface area contributed by atoms with E-state index in [1.165, 1.54) is 41.6 Å². The molecule has 0 saturated carbocycles. The van der Waals surface area contributed by atoms with Crippen molar-refractivity contribution in [1.29, 1.82) is 0 Å². The Balaban J connectivity index is 1.57. The van der Waals surface area contributed by atoms with E-state index in [-0.39, 0.29) is 0 Å². The van der Waals surface area contributed by atoms with Gasteiger partial charge < -0.3 is 15.2 Å². The third-order valence-corrected chi connectivity index (χ3v) is 5.83. The highest BCUT2D eigenvalue weighted by atomic mass is 19.1. The molecular formula is C22H27FN4. The van der Waals surface area contributed by atoms with Crippen LogP contribution in [0.2, 0.25) is 0 Å². The number of likely N-dealkylation sites (tertiary alicyclic amines) is 1. The van der Waals surface area contributed by atoms with E-state index < -0.39 is 5.95 Å². The largest absolute Gasteiger partial charge is 0.354 e. The molecule has 0 atom stereocenters. The number of hydrogen-bond donors (Lipinski definition) is 2. The van der Waals surface area contributed by atoms with Crippen LogP contribution in [0, 0.1) is 12.9 Å². The molecule has 2 N–H and O–H groups in total. The topological polar surface area (TPSA) is 44.0 Å². The van der Waals surface area contributed by atoms with Gasteiger partial charge >= 0.3 is 0 Å². The van der Waals surface area contributed by atoms with E-state index in [9.17, 15) is 4.39 Å². The fraction of sp³-hybridized carbons (Fsp3) is 0.409. The number of aryl methyl sites for hydroxylation is 1. The summed E-state index contributed by atoms with van der Waals surface area (Å²) in [5, 5.41) is 4.46. The van der Waals surface area contributed by atoms with E-state index in [4.69, 9.17) is 0 Å². The highest BCUT2D eigenvalue weighted by molar-refractivity contribution is 5.91. The van der Waals surface area contributed by atoms with E-state index in [1.807, 2.05) is 13.1 Å². The van der Waals surface area contributed by atoms with Crippen LogP contribution in [-0.4, -0.2) is 48.1 Å². The zero-order chi connectivity index (χ0) is 18.8. The Bertz CT molecular complexity index is 925. The lowest BCUT2D eigenvalue weighted by Gasteiger charge is -2.32. The Hall–Kier alpha value is -2.24. The molecule has 0 unspecified atom stereocenters. The number of fused-ring (bicyclic) bond motifs is 1. The third kappa shape index (κ3) is 3.75. The molecule has 3 aromatic rings. The number of halogens is 1. The lowest BCUT2D eigenvalue weighted by Crippen LogP contribution is -2.37. The molecular weight excluding hydrogens is 339 g/mol. The monoisotopic (exact) mass is 366 g/mol. The predicted octanol–water partition coefficient (Wildman–Crippen LogP) is 4.08. The minimum atomic E-state index is -0.448. The average Bonchev–Trinajstić information content (AvgIpc) is 3.03. The Morgan fingerprint density at radius 1 is 1.22 bits per heavy atom. The Kier molecular flexibility index (Phi) is 5.23. The predicted molar refractivity (Wildman–Crippen MR) is 109 cm³/mol. The molecule has 0 bridgehead atoms. The maximum atomic E-state index is 13.5. The fourth-order valence-corrected chi connectivity index (χ4v) is 4.20. The Morgan fingerprint density at radius 2 is 2.04 bits per heavy atom. The first-order valence-electron chi connectivity index (χ1n) is 9.77. The minimum absolute atomic E-state index is 0.448. The highest BCUT2D eigenvalue weighted by Crippen LogP contribution is 2.34. The summed E-state index contributed by atoms with van der Waals surface area (Å²) in [5.74, 6) is 0.174. The van der Waals surface area contributed by atoms with Crippen LogP contribution in [0.4, 0.5) is 4.39 Å². The molecule has 0 spiro atoms. The minimum Gasteiger partial charge on any atom is -0.354 e. The molecule has 1 aliphatic heterocycles. The second-order valence-corrected chi connectivity index (χ2v) is 7.52. The standard InChI is InChI=1S/C22H27FN4/c1-15-19-13-17(16-6-10-27(11-7-16)12-9-24-2)3-4-20(19)26-22(15)18-5-8-25-21(23)14-18/h3-5,8,13-14,16,24,26H,6-7,9-12H2,1-2H3. The van der Waals surface area contributed by atoms with Gasteiger partial charge in [-0.1, -0.05) is 6.07 Å². The van der Waals surface area contributed by atoms with Crippen LogP contribution >= 0.6 is 0 Å². The van der Waals surface area contributed by atoms with Crippen molar-refractivity contribution in [2.24, 2.45) is 0 Å². The number of piperidine rings is 1. The third-order valence-electron chi connectivity index (χ3n) is 5.83. The van der Waals surface area contributed by atoms with Gasteiger partial charge in [-0.25, -0.2) is 4.98 Å². The smallest absolute Gasteiger partial charge is 0.213 e. The zero-order valence-electron chi connectivity index (χ0n) is 16.1. The normalized spacial score (nSPS) is 16.3. The molecule has 1 saturated heterocycles. The number of pyridine rings is 1. The van der Waals surface area contributed by atoms with Crippen molar-refractivity contribution in [2.45, 2.75) is 25.7 Å². The van der Waals surface area contributed by atoms with Crippen molar-refractivity contribution in [3.63, 3.8) is 0 Å². The van der Waals surface area contributed by atoms with Crippen LogP contribution in [-0.2, 0) is 0 Å². The van der Waals surface area contributed by atoms with Crippen molar-refractivity contribution < 1.29 is 4.39 Å².